The van der Waals surface area contributed by atoms with Crippen LogP contribution in [-0.4, -0.2) is 9.97 Å². The Morgan fingerprint density at radius 1 is 0.737 bits per heavy atom. The fourth-order valence-corrected chi connectivity index (χ4v) is 1.15. The predicted octanol–water partition coefficient (Wildman–Crippen LogP) is 6.29. The molecule has 2 rings (SSSR count). The Labute approximate surface area is 121 Å². The highest BCUT2D eigenvalue weighted by Gasteiger charge is 1.94. The zero-order chi connectivity index (χ0) is 13.7. The molecule has 0 radical (unpaired) electrons. The molecule has 0 N–H and O–H groups in total. The fourth-order valence-electron chi connectivity index (χ4n) is 1.15. The average molecular weight is 266 g/mol. The van der Waals surface area contributed by atoms with Crippen LogP contribution in [0.4, 0.5) is 0 Å². The van der Waals surface area contributed by atoms with Crippen LogP contribution in [0.1, 0.15) is 62.0 Å². The molecule has 0 aliphatic rings. The van der Waals surface area contributed by atoms with E-state index in [-0.39, 0.29) is 14.9 Å². The van der Waals surface area contributed by atoms with Gasteiger partial charge in [-0.3, -0.25) is 9.97 Å². The summed E-state index contributed by atoms with van der Waals surface area (Å²) in [5, 5.41) is 2.34. The minimum atomic E-state index is 0. The summed E-state index contributed by atoms with van der Waals surface area (Å²) in [6.07, 6.45) is 7.35. The van der Waals surface area contributed by atoms with E-state index in [1.165, 1.54) is 10.9 Å². The first-order valence-electron chi connectivity index (χ1n) is 6.52. The molecule has 0 saturated heterocycles. The quantitative estimate of drug-likeness (QED) is 0.560. The number of aromatic nitrogens is 2. The number of fused-ring (bicyclic) bond motifs is 1. The van der Waals surface area contributed by atoms with E-state index in [0.717, 1.165) is 5.39 Å². The fraction of sp³-hybridized carbons (Fsp3) is 0.529. The highest BCUT2D eigenvalue weighted by atomic mass is 14.6. The second-order valence-electron chi connectivity index (χ2n) is 2.55. The molecule has 2 aromatic rings. The molecule has 0 atom stereocenters. The van der Waals surface area contributed by atoms with Gasteiger partial charge in [0.25, 0.3) is 0 Å². The van der Waals surface area contributed by atoms with Crippen molar-refractivity contribution in [2.75, 3.05) is 0 Å². The Balaban J connectivity index is -0.000000126. The third-order valence-corrected chi connectivity index (χ3v) is 1.76. The lowest BCUT2D eigenvalue weighted by Gasteiger charge is -1.97. The molecular weight excluding hydrogens is 232 g/mol. The Morgan fingerprint density at radius 3 is 1.74 bits per heavy atom. The molecular formula is C17H34N2. The molecule has 0 aliphatic heterocycles. The highest BCUT2D eigenvalue weighted by Crippen LogP contribution is 2.13. The van der Waals surface area contributed by atoms with Crippen LogP contribution in [0.25, 0.3) is 10.8 Å². The van der Waals surface area contributed by atoms with Gasteiger partial charge in [-0.05, 0) is 18.6 Å². The predicted molar refractivity (Wildman–Crippen MR) is 91.8 cm³/mol. The summed E-state index contributed by atoms with van der Waals surface area (Å²) in [6, 6.07) is 1.97. The van der Waals surface area contributed by atoms with E-state index in [2.05, 4.69) is 9.97 Å². The van der Waals surface area contributed by atoms with Crippen molar-refractivity contribution in [1.82, 2.24) is 9.97 Å². The van der Waals surface area contributed by atoms with Crippen molar-refractivity contribution >= 4 is 10.8 Å². The van der Waals surface area contributed by atoms with Gasteiger partial charge in [0.1, 0.15) is 0 Å². The number of rotatable bonds is 0. The molecule has 0 spiro atoms. The molecule has 0 saturated carbocycles. The number of hydrogen-bond acceptors (Lipinski definition) is 2. The van der Waals surface area contributed by atoms with Gasteiger partial charge in [0.2, 0.25) is 0 Å². The van der Waals surface area contributed by atoms with E-state index >= 15 is 0 Å². The van der Waals surface area contributed by atoms with Crippen LogP contribution in [0.5, 0.6) is 0 Å². The van der Waals surface area contributed by atoms with Gasteiger partial charge in [-0.2, -0.15) is 0 Å². The smallest absolute Gasteiger partial charge is 0.0350 e. The van der Waals surface area contributed by atoms with Crippen LogP contribution in [0.2, 0.25) is 0 Å². The molecule has 2 heteroatoms. The van der Waals surface area contributed by atoms with E-state index in [9.17, 15) is 0 Å². The van der Waals surface area contributed by atoms with Crippen molar-refractivity contribution in [3.8, 4) is 0 Å². The summed E-state index contributed by atoms with van der Waals surface area (Å²) in [6.45, 7) is 14.0. The maximum absolute atomic E-state index is 4.08. The van der Waals surface area contributed by atoms with Gasteiger partial charge in [0.15, 0.2) is 0 Å². The van der Waals surface area contributed by atoms with Gasteiger partial charge in [-0.1, -0.05) is 56.4 Å². The van der Waals surface area contributed by atoms with Crippen LogP contribution in [-0.2, 0) is 0 Å². The molecule has 0 fully saturated rings. The van der Waals surface area contributed by atoms with Gasteiger partial charge in [-0.25, -0.2) is 0 Å². The molecule has 0 amide bonds. The van der Waals surface area contributed by atoms with E-state index in [1.807, 2.05) is 73.1 Å². The summed E-state index contributed by atoms with van der Waals surface area (Å²) in [5.74, 6) is 0. The zero-order valence-electron chi connectivity index (χ0n) is 12.3. The molecule has 0 aromatic carbocycles. The normalized spacial score (nSPS) is 6.89. The van der Waals surface area contributed by atoms with Gasteiger partial charge < -0.3 is 0 Å². The Kier molecular flexibility index (Phi) is 26.1. The Bertz CT molecular complexity index is 378. The van der Waals surface area contributed by atoms with Crippen molar-refractivity contribution < 1.29 is 0 Å². The van der Waals surface area contributed by atoms with Crippen LogP contribution in [0, 0.1) is 6.92 Å². The molecule has 2 heterocycles. The monoisotopic (exact) mass is 266 g/mol. The molecule has 112 valence electrons. The van der Waals surface area contributed by atoms with Crippen LogP contribution >= 0.6 is 0 Å². The standard InChI is InChI=1S/C9H8N2.3C2H6.2CH4/c1-7-4-11-5-8-2-3-10-6-9(7)8;3*1-2;;/h2-6H,1H3;3*1-2H3;2*1H4. The van der Waals surface area contributed by atoms with Crippen LogP contribution in [0.15, 0.2) is 30.9 Å². The molecule has 0 bridgehead atoms. The van der Waals surface area contributed by atoms with E-state index in [4.69, 9.17) is 0 Å². The first-order chi connectivity index (χ1) is 8.38. The second kappa shape index (κ2) is 18.9. The Morgan fingerprint density at radius 2 is 1.26 bits per heavy atom. The lowest BCUT2D eigenvalue weighted by molar-refractivity contribution is 1.28. The highest BCUT2D eigenvalue weighted by molar-refractivity contribution is 5.83. The largest absolute Gasteiger partial charge is 0.264 e. The first-order valence-corrected chi connectivity index (χ1v) is 6.52. The summed E-state index contributed by atoms with van der Waals surface area (Å²) in [4.78, 5) is 8.13. The first kappa shape index (κ1) is 26.2. The maximum atomic E-state index is 4.08. The molecule has 0 aliphatic carbocycles. The van der Waals surface area contributed by atoms with Gasteiger partial charge in [-0.15, -0.1) is 0 Å². The molecule has 2 nitrogen and oxygen atoms in total. The number of nitrogens with zero attached hydrogens (tertiary/aromatic N) is 2. The van der Waals surface area contributed by atoms with E-state index in [1.54, 1.807) is 6.20 Å². The summed E-state index contributed by atoms with van der Waals surface area (Å²) < 4.78 is 0. The maximum Gasteiger partial charge on any atom is 0.0350 e. The van der Waals surface area contributed by atoms with E-state index < -0.39 is 0 Å². The lowest BCUT2D eigenvalue weighted by Crippen LogP contribution is -1.81. The third-order valence-electron chi connectivity index (χ3n) is 1.76. The second-order valence-corrected chi connectivity index (χ2v) is 2.55. The van der Waals surface area contributed by atoms with Crippen molar-refractivity contribution in [2.24, 2.45) is 0 Å². The van der Waals surface area contributed by atoms with Crippen LogP contribution in [0.3, 0.4) is 0 Å². The van der Waals surface area contributed by atoms with Crippen molar-refractivity contribution in [3.63, 3.8) is 0 Å². The Hall–Kier alpha value is -1.44. The summed E-state index contributed by atoms with van der Waals surface area (Å²) >= 11 is 0. The minimum absolute atomic E-state index is 0. The molecule has 19 heavy (non-hydrogen) atoms. The van der Waals surface area contributed by atoms with Crippen molar-refractivity contribution in [1.29, 1.82) is 0 Å². The third kappa shape index (κ3) is 9.18. The van der Waals surface area contributed by atoms with Crippen LogP contribution < -0.4 is 0 Å². The topological polar surface area (TPSA) is 25.8 Å². The minimum Gasteiger partial charge on any atom is -0.264 e. The molecule has 0 unspecified atom stereocenters. The van der Waals surface area contributed by atoms with Crippen molar-refractivity contribution in [2.45, 2.75) is 63.3 Å². The van der Waals surface area contributed by atoms with E-state index in [0.29, 0.717) is 0 Å². The van der Waals surface area contributed by atoms with Gasteiger partial charge in [0.05, 0.1) is 0 Å². The molecule has 2 aromatic heterocycles. The number of hydrogen-bond donors (Lipinski definition) is 0. The SMILES string of the molecule is C.C.CC.CC.CC.Cc1cncc2ccncc12. The summed E-state index contributed by atoms with van der Waals surface area (Å²) in [7, 11) is 0. The zero-order valence-corrected chi connectivity index (χ0v) is 12.3. The summed E-state index contributed by atoms with van der Waals surface area (Å²) in [5.41, 5.74) is 1.18. The number of pyridine rings is 2. The number of aryl methyl sites for hydroxylation is 1. The lowest BCUT2D eigenvalue weighted by atomic mass is 10.1. The van der Waals surface area contributed by atoms with Crippen molar-refractivity contribution in [3.05, 3.63) is 36.4 Å². The van der Waals surface area contributed by atoms with Gasteiger partial charge >= 0.3 is 0 Å². The average Bonchev–Trinajstić information content (AvgIpc) is 2.46. The van der Waals surface area contributed by atoms with Gasteiger partial charge in [0, 0.05) is 35.6 Å².